The number of aliphatic hydroxyl groups excluding tert-OH is 1. The topological polar surface area (TPSA) is 307 Å². The number of H-pyrrole nitrogens is 1. The molecule has 17 heteroatoms. The normalized spacial score (nSPS) is 13.9. The van der Waals surface area contributed by atoms with Gasteiger partial charge in [0.15, 0.2) is 5.96 Å². The van der Waals surface area contributed by atoms with E-state index < -0.39 is 66.8 Å². The number of aliphatic carboxylic acids is 1. The number of amides is 4. The Kier molecular flexibility index (Phi) is 12.3. The van der Waals surface area contributed by atoms with Crippen LogP contribution in [0, 0.1) is 0 Å². The van der Waals surface area contributed by atoms with Gasteiger partial charge in [-0.1, -0.05) is 0 Å². The molecule has 0 radical (unpaired) electrons. The molecule has 0 aliphatic carbocycles. The number of aliphatic imine (C=N–C) groups is 1. The molecule has 0 saturated carbocycles. The van der Waals surface area contributed by atoms with Gasteiger partial charge in [-0.05, 0) is 12.8 Å². The van der Waals surface area contributed by atoms with Crippen LogP contribution in [0.5, 0.6) is 0 Å². The molecule has 0 unspecified atom stereocenters. The molecule has 36 heavy (non-hydrogen) atoms. The molecule has 0 spiro atoms. The lowest BCUT2D eigenvalue weighted by Crippen LogP contribution is -2.58. The van der Waals surface area contributed by atoms with Crippen LogP contribution < -0.4 is 38.9 Å². The highest BCUT2D eigenvalue weighted by Crippen LogP contribution is 2.03. The highest BCUT2D eigenvalue weighted by Gasteiger charge is 2.30. The van der Waals surface area contributed by atoms with E-state index in [1.807, 2.05) is 0 Å². The molecule has 0 saturated heterocycles. The maximum Gasteiger partial charge on any atom is 0.326 e. The summed E-state index contributed by atoms with van der Waals surface area (Å²) < 4.78 is 0. The predicted octanol–water partition coefficient (Wildman–Crippen LogP) is -5.26. The number of hydrogen-bond acceptors (Lipinski definition) is 9. The van der Waals surface area contributed by atoms with Gasteiger partial charge in [0.1, 0.15) is 18.1 Å². The van der Waals surface area contributed by atoms with Crippen molar-refractivity contribution in [2.75, 3.05) is 13.2 Å². The first-order valence-corrected chi connectivity index (χ1v) is 10.8. The molecule has 4 atom stereocenters. The maximum atomic E-state index is 12.7. The number of carbonyl (C=O) groups is 5. The Labute approximate surface area is 205 Å². The zero-order valence-electron chi connectivity index (χ0n) is 19.3. The highest BCUT2D eigenvalue weighted by atomic mass is 16.4. The van der Waals surface area contributed by atoms with E-state index in [-0.39, 0.29) is 31.8 Å². The van der Waals surface area contributed by atoms with Crippen molar-refractivity contribution in [2.45, 2.75) is 49.9 Å². The molecule has 14 N–H and O–H groups in total. The van der Waals surface area contributed by atoms with E-state index in [0.717, 1.165) is 0 Å². The van der Waals surface area contributed by atoms with Crippen LogP contribution in [-0.2, 0) is 30.4 Å². The van der Waals surface area contributed by atoms with Gasteiger partial charge in [-0.15, -0.1) is 0 Å². The number of nitrogens with two attached hydrogens (primary N) is 4. The number of guanidine groups is 1. The van der Waals surface area contributed by atoms with E-state index in [4.69, 9.17) is 22.9 Å². The van der Waals surface area contributed by atoms with Crippen LogP contribution in [0.1, 0.15) is 25.0 Å². The largest absolute Gasteiger partial charge is 0.480 e. The highest BCUT2D eigenvalue weighted by molar-refractivity contribution is 5.95. The zero-order chi connectivity index (χ0) is 27.3. The van der Waals surface area contributed by atoms with Gasteiger partial charge < -0.3 is 54.1 Å². The molecular weight excluding hydrogens is 480 g/mol. The SMILES string of the molecule is NC(=O)C[C@H](NC(=O)[C@H](CCCN=C(N)N)NC(=O)[C@H](CO)NC(=O)[C@@H](N)Cc1cnc[nH]1)C(=O)O. The number of carboxylic acids is 1. The Morgan fingerprint density at radius 3 is 2.14 bits per heavy atom. The van der Waals surface area contributed by atoms with E-state index in [9.17, 15) is 34.2 Å². The first-order chi connectivity index (χ1) is 16.9. The Morgan fingerprint density at radius 1 is 1.00 bits per heavy atom. The number of aromatic amines is 1. The molecule has 1 aromatic heterocycles. The maximum absolute atomic E-state index is 12.7. The van der Waals surface area contributed by atoms with Crippen LogP contribution in [-0.4, -0.2) is 93.1 Å². The minimum atomic E-state index is -1.64. The standard InChI is InChI=1S/C19H32N10O7/c20-10(4-9-6-24-8-26-9)15(32)29-13(7-30)17(34)27-11(2-1-3-25-19(22)23)16(33)28-12(18(35)36)5-14(21)31/h6,8,10-13,30H,1-5,7,20H2,(H2,21,31)(H,24,26)(H,27,34)(H,28,33)(H,29,32)(H,35,36)(H4,22,23,25)/t10-,11-,12-,13-/m0/s1. The molecule has 0 fully saturated rings. The van der Waals surface area contributed by atoms with Gasteiger partial charge in [0.2, 0.25) is 23.6 Å². The number of imidazole rings is 1. The molecule has 1 rings (SSSR count). The van der Waals surface area contributed by atoms with Gasteiger partial charge >= 0.3 is 5.97 Å². The third-order valence-corrected chi connectivity index (χ3v) is 4.75. The summed E-state index contributed by atoms with van der Waals surface area (Å²) in [5, 5.41) is 25.6. The van der Waals surface area contributed by atoms with Gasteiger partial charge in [-0.3, -0.25) is 24.2 Å². The van der Waals surface area contributed by atoms with E-state index in [1.165, 1.54) is 12.5 Å². The lowest BCUT2D eigenvalue weighted by atomic mass is 10.1. The number of carbonyl (C=O) groups excluding carboxylic acids is 4. The van der Waals surface area contributed by atoms with Crippen molar-refractivity contribution in [1.82, 2.24) is 25.9 Å². The van der Waals surface area contributed by atoms with Crippen molar-refractivity contribution >= 4 is 35.6 Å². The van der Waals surface area contributed by atoms with E-state index >= 15 is 0 Å². The van der Waals surface area contributed by atoms with Crippen molar-refractivity contribution in [3.63, 3.8) is 0 Å². The smallest absolute Gasteiger partial charge is 0.326 e. The summed E-state index contributed by atoms with van der Waals surface area (Å²) in [4.78, 5) is 70.6. The lowest BCUT2D eigenvalue weighted by molar-refractivity contribution is -0.143. The van der Waals surface area contributed by atoms with Crippen molar-refractivity contribution in [3.8, 4) is 0 Å². The van der Waals surface area contributed by atoms with Crippen LogP contribution in [0.25, 0.3) is 0 Å². The molecule has 0 aliphatic heterocycles. The summed E-state index contributed by atoms with van der Waals surface area (Å²) in [5.41, 5.74) is 21.9. The molecule has 1 heterocycles. The third-order valence-electron chi connectivity index (χ3n) is 4.75. The molecule has 200 valence electrons. The first kappa shape index (κ1) is 29.8. The number of nitrogens with one attached hydrogen (secondary N) is 4. The summed E-state index contributed by atoms with van der Waals surface area (Å²) in [5.74, 6) is -5.31. The second-order valence-corrected chi connectivity index (χ2v) is 7.71. The molecule has 0 bridgehead atoms. The number of carboxylic acid groups (broad SMARTS) is 1. The molecular formula is C19H32N10O7. The summed E-state index contributed by atoms with van der Waals surface area (Å²) in [6.45, 7) is -0.732. The van der Waals surface area contributed by atoms with Crippen molar-refractivity contribution in [1.29, 1.82) is 0 Å². The van der Waals surface area contributed by atoms with Gasteiger partial charge in [0.05, 0.1) is 25.4 Å². The van der Waals surface area contributed by atoms with Gasteiger partial charge in [0.25, 0.3) is 0 Å². The average Bonchev–Trinajstić information content (AvgIpc) is 3.30. The van der Waals surface area contributed by atoms with Crippen LogP contribution >= 0.6 is 0 Å². The Bertz CT molecular complexity index is 933. The third kappa shape index (κ3) is 10.8. The Morgan fingerprint density at radius 2 is 1.61 bits per heavy atom. The second kappa shape index (κ2) is 14.9. The molecule has 17 nitrogen and oxygen atoms in total. The summed E-state index contributed by atoms with van der Waals surface area (Å²) in [7, 11) is 0. The predicted molar refractivity (Wildman–Crippen MR) is 125 cm³/mol. The van der Waals surface area contributed by atoms with Gasteiger partial charge in [-0.25, -0.2) is 9.78 Å². The van der Waals surface area contributed by atoms with Crippen LogP contribution in [0.4, 0.5) is 0 Å². The average molecular weight is 513 g/mol. The van der Waals surface area contributed by atoms with Gasteiger partial charge in [0, 0.05) is 24.9 Å². The van der Waals surface area contributed by atoms with Crippen LogP contribution in [0.15, 0.2) is 17.5 Å². The first-order valence-electron chi connectivity index (χ1n) is 10.8. The van der Waals surface area contributed by atoms with Gasteiger partial charge in [-0.2, -0.15) is 0 Å². The van der Waals surface area contributed by atoms with Crippen molar-refractivity contribution in [2.24, 2.45) is 27.9 Å². The molecule has 1 aromatic rings. The fourth-order valence-electron chi connectivity index (χ4n) is 2.92. The number of aliphatic hydroxyl groups is 1. The number of rotatable bonds is 16. The van der Waals surface area contributed by atoms with E-state index in [2.05, 4.69) is 30.9 Å². The Balaban J connectivity index is 2.89. The summed E-state index contributed by atoms with van der Waals surface area (Å²) in [6, 6.07) is -5.51. The Hall–Kier alpha value is -4.25. The minimum Gasteiger partial charge on any atom is -0.480 e. The van der Waals surface area contributed by atoms with E-state index in [0.29, 0.717) is 5.69 Å². The van der Waals surface area contributed by atoms with Crippen molar-refractivity contribution < 1.29 is 34.2 Å². The van der Waals surface area contributed by atoms with Crippen LogP contribution in [0.3, 0.4) is 0 Å². The monoisotopic (exact) mass is 512 g/mol. The number of hydrogen-bond donors (Lipinski definition) is 10. The number of nitrogens with zero attached hydrogens (tertiary/aromatic N) is 2. The summed E-state index contributed by atoms with van der Waals surface area (Å²) in [6.07, 6.45) is 2.41. The lowest BCUT2D eigenvalue weighted by Gasteiger charge is -2.24. The fourth-order valence-corrected chi connectivity index (χ4v) is 2.92. The second-order valence-electron chi connectivity index (χ2n) is 7.71. The minimum absolute atomic E-state index is 0.0529. The number of primary amides is 1. The molecule has 4 amide bonds. The van der Waals surface area contributed by atoms with E-state index in [1.54, 1.807) is 0 Å². The van der Waals surface area contributed by atoms with Crippen LogP contribution in [0.2, 0.25) is 0 Å². The quantitative estimate of drug-likeness (QED) is 0.0566. The zero-order valence-corrected chi connectivity index (χ0v) is 19.3. The van der Waals surface area contributed by atoms with Crippen molar-refractivity contribution in [3.05, 3.63) is 18.2 Å². The summed E-state index contributed by atoms with van der Waals surface area (Å²) >= 11 is 0. The fraction of sp³-hybridized carbons (Fsp3) is 0.526. The molecule has 0 aliphatic rings. The molecule has 0 aromatic carbocycles. The number of aromatic nitrogens is 2.